The van der Waals surface area contributed by atoms with Crippen LogP contribution in [-0.2, 0) is 11.3 Å². The minimum Gasteiger partial charge on any atom is -0.497 e. The second-order valence-corrected chi connectivity index (χ2v) is 6.35. The fraction of sp³-hybridized carbons (Fsp3) is 0.316. The lowest BCUT2D eigenvalue weighted by molar-refractivity contribution is -0.350. The van der Waals surface area contributed by atoms with Crippen molar-refractivity contribution >= 4 is 11.0 Å². The molecule has 0 spiro atoms. The van der Waals surface area contributed by atoms with Gasteiger partial charge in [-0.3, -0.25) is 9.78 Å². The Morgan fingerprint density at radius 2 is 2.23 bits per heavy atom. The highest BCUT2D eigenvalue weighted by atomic mass is 16.5. The monoisotopic (exact) mass is 354 g/mol. The maximum atomic E-state index is 12.6. The predicted molar refractivity (Wildman–Crippen MR) is 96.3 cm³/mol. The average Bonchev–Trinajstić information content (AvgIpc) is 3.18. The van der Waals surface area contributed by atoms with E-state index in [0.29, 0.717) is 29.9 Å². The van der Waals surface area contributed by atoms with Gasteiger partial charge in [0.1, 0.15) is 17.7 Å². The molecule has 1 atom stereocenters. The van der Waals surface area contributed by atoms with E-state index < -0.39 is 11.2 Å². The zero-order chi connectivity index (χ0) is 18.1. The van der Waals surface area contributed by atoms with Crippen LogP contribution in [0.3, 0.4) is 0 Å². The van der Waals surface area contributed by atoms with Crippen molar-refractivity contribution in [1.82, 2.24) is 9.55 Å². The Hall–Kier alpha value is -2.93. The molecular formula is C19H20N3O4+. The van der Waals surface area contributed by atoms with E-state index >= 15 is 0 Å². The summed E-state index contributed by atoms with van der Waals surface area (Å²) in [5.74, 6) is 0.701. The van der Waals surface area contributed by atoms with Crippen LogP contribution in [0, 0.1) is 0 Å². The highest BCUT2D eigenvalue weighted by Crippen LogP contribution is 2.27. The lowest BCUT2D eigenvalue weighted by Crippen LogP contribution is -2.36. The molecule has 0 radical (unpaired) electrons. The van der Waals surface area contributed by atoms with Gasteiger partial charge in [-0.1, -0.05) is 12.1 Å². The number of fused-ring (bicyclic) bond motifs is 1. The highest BCUT2D eigenvalue weighted by molar-refractivity contribution is 5.90. The molecule has 0 saturated carbocycles. The van der Waals surface area contributed by atoms with E-state index in [0.717, 1.165) is 24.0 Å². The van der Waals surface area contributed by atoms with Crippen molar-refractivity contribution in [3.8, 4) is 16.9 Å². The molecule has 0 bridgehead atoms. The van der Waals surface area contributed by atoms with Crippen LogP contribution >= 0.6 is 0 Å². The smallest absolute Gasteiger partial charge is 0.415 e. The molecule has 1 aromatic carbocycles. The number of H-pyrrole nitrogens is 2. The van der Waals surface area contributed by atoms with E-state index in [1.54, 1.807) is 17.9 Å². The number of ether oxygens (including phenoxy) is 2. The number of benzene rings is 1. The molecule has 1 fully saturated rings. The summed E-state index contributed by atoms with van der Waals surface area (Å²) < 4.78 is 12.5. The van der Waals surface area contributed by atoms with Crippen LogP contribution in [0.1, 0.15) is 12.8 Å². The first-order valence-corrected chi connectivity index (χ1v) is 8.61. The molecule has 3 heterocycles. The van der Waals surface area contributed by atoms with Gasteiger partial charge in [0.05, 0.1) is 19.4 Å². The lowest BCUT2D eigenvalue weighted by Gasteiger charge is -2.10. The largest absolute Gasteiger partial charge is 0.497 e. The molecule has 3 aromatic rings. The molecule has 1 saturated heterocycles. The Kier molecular flexibility index (Phi) is 4.30. The van der Waals surface area contributed by atoms with E-state index in [-0.39, 0.29) is 6.10 Å². The Bertz CT molecular complexity index is 1060. The van der Waals surface area contributed by atoms with Gasteiger partial charge in [0.2, 0.25) is 0 Å². The zero-order valence-corrected chi connectivity index (χ0v) is 14.5. The molecule has 4 rings (SSSR count). The van der Waals surface area contributed by atoms with Gasteiger partial charge in [-0.15, -0.1) is 0 Å². The van der Waals surface area contributed by atoms with E-state index in [4.69, 9.17) is 9.47 Å². The van der Waals surface area contributed by atoms with Gasteiger partial charge in [-0.05, 0) is 36.6 Å². The Balaban J connectivity index is 1.93. The van der Waals surface area contributed by atoms with E-state index in [1.165, 1.54) is 0 Å². The third-order valence-electron chi connectivity index (χ3n) is 4.73. The van der Waals surface area contributed by atoms with Crippen molar-refractivity contribution in [1.29, 1.82) is 0 Å². The summed E-state index contributed by atoms with van der Waals surface area (Å²) in [5.41, 5.74) is 1.23. The summed E-state index contributed by atoms with van der Waals surface area (Å²) in [6.45, 7) is 1.11. The van der Waals surface area contributed by atoms with Gasteiger partial charge in [0.15, 0.2) is 0 Å². The maximum absolute atomic E-state index is 12.6. The Morgan fingerprint density at radius 3 is 3.00 bits per heavy atom. The van der Waals surface area contributed by atoms with E-state index in [9.17, 15) is 9.59 Å². The second-order valence-electron chi connectivity index (χ2n) is 6.35. The number of hydrogen-bond donors (Lipinski definition) is 1. The standard InChI is InChI=1S/C19H19N3O4/c1-25-13-5-2-4-12(10-13)15-7-8-20-17-16(15)18(23)21-19(24)22(17)11-14-6-3-9-26-14/h2,4-5,7-8,10,14H,3,6,9,11H2,1H3,(H,21,23,24)/p+1. The molecule has 1 unspecified atom stereocenters. The highest BCUT2D eigenvalue weighted by Gasteiger charge is 2.24. The van der Waals surface area contributed by atoms with Crippen molar-refractivity contribution in [3.63, 3.8) is 0 Å². The van der Waals surface area contributed by atoms with Gasteiger partial charge in [-0.2, -0.15) is 4.57 Å². The summed E-state index contributed by atoms with van der Waals surface area (Å²) in [5, 5.41) is 0.443. The molecule has 7 heteroatoms. The lowest BCUT2D eigenvalue weighted by atomic mass is 10.0. The fourth-order valence-electron chi connectivity index (χ4n) is 3.46. The summed E-state index contributed by atoms with van der Waals surface area (Å²) in [7, 11) is 1.60. The number of rotatable bonds is 4. The van der Waals surface area contributed by atoms with E-state index in [1.807, 2.05) is 30.3 Å². The molecule has 1 aliphatic rings. The first-order chi connectivity index (χ1) is 12.7. The van der Waals surface area contributed by atoms with Crippen molar-refractivity contribution < 1.29 is 14.5 Å². The molecular weight excluding hydrogens is 334 g/mol. The number of methoxy groups -OCH3 is 1. The Labute approximate surface area is 149 Å². The number of aromatic nitrogens is 3. The molecule has 26 heavy (non-hydrogen) atoms. The van der Waals surface area contributed by atoms with Gasteiger partial charge in [-0.25, -0.2) is 9.78 Å². The number of nitrogens with one attached hydrogen (secondary N) is 2. The zero-order valence-electron chi connectivity index (χ0n) is 14.5. The number of pyridine rings is 1. The average molecular weight is 354 g/mol. The van der Waals surface area contributed by atoms with Crippen molar-refractivity contribution in [2.24, 2.45) is 0 Å². The topological polar surface area (TPSA) is 87.5 Å². The summed E-state index contributed by atoms with van der Waals surface area (Å²) >= 11 is 0. The fourth-order valence-corrected chi connectivity index (χ4v) is 3.46. The normalized spacial score (nSPS) is 16.9. The van der Waals surface area contributed by atoms with E-state index in [2.05, 4.69) is 9.97 Å². The molecule has 1 aliphatic heterocycles. The van der Waals surface area contributed by atoms with Gasteiger partial charge in [0, 0.05) is 12.2 Å². The van der Waals surface area contributed by atoms with Crippen LogP contribution in [-0.4, -0.2) is 29.4 Å². The van der Waals surface area contributed by atoms with Crippen LogP contribution in [0.2, 0.25) is 0 Å². The molecule has 2 N–H and O–H groups in total. The first-order valence-electron chi connectivity index (χ1n) is 8.61. The van der Waals surface area contributed by atoms with Gasteiger partial charge < -0.3 is 9.47 Å². The Morgan fingerprint density at radius 1 is 1.35 bits per heavy atom. The molecule has 0 amide bonds. The molecule has 134 valence electrons. The van der Waals surface area contributed by atoms with Crippen LogP contribution in [0.15, 0.2) is 46.1 Å². The summed E-state index contributed by atoms with van der Waals surface area (Å²) in [6, 6.07) is 9.31. The van der Waals surface area contributed by atoms with Gasteiger partial charge >= 0.3 is 5.69 Å². The maximum Gasteiger partial charge on any atom is 0.415 e. The van der Waals surface area contributed by atoms with Crippen molar-refractivity contribution in [3.05, 3.63) is 57.4 Å². The SMILES string of the molecule is COc1cccc(-c2cc[nH+]c3c2c(=O)[nH]c(=O)n3CC2CCCO2)c1. The number of hydrogen-bond acceptors (Lipinski definition) is 4. The summed E-state index contributed by atoms with van der Waals surface area (Å²) in [4.78, 5) is 30.5. The minimum atomic E-state index is -0.433. The van der Waals surface area contributed by atoms with Crippen molar-refractivity contribution in [2.45, 2.75) is 25.5 Å². The van der Waals surface area contributed by atoms with Gasteiger partial charge in [0.25, 0.3) is 11.2 Å². The minimum absolute atomic E-state index is 0.0179. The number of aromatic amines is 2. The van der Waals surface area contributed by atoms with Crippen LogP contribution in [0.4, 0.5) is 0 Å². The van der Waals surface area contributed by atoms with Crippen molar-refractivity contribution in [2.75, 3.05) is 13.7 Å². The quantitative estimate of drug-likeness (QED) is 0.766. The second kappa shape index (κ2) is 6.76. The first kappa shape index (κ1) is 16.5. The van der Waals surface area contributed by atoms with Crippen LogP contribution in [0.25, 0.3) is 22.2 Å². The summed E-state index contributed by atoms with van der Waals surface area (Å²) in [6.07, 6.45) is 3.61. The third-order valence-corrected chi connectivity index (χ3v) is 4.73. The molecule has 2 aromatic heterocycles. The van der Waals surface area contributed by atoms with Crippen LogP contribution in [0.5, 0.6) is 5.75 Å². The number of nitrogens with zero attached hydrogens (tertiary/aromatic N) is 1. The molecule has 7 nitrogen and oxygen atoms in total. The third kappa shape index (κ3) is 2.90. The predicted octanol–water partition coefficient (Wildman–Crippen LogP) is 1.36. The molecule has 0 aliphatic carbocycles. The van der Waals surface area contributed by atoms with Crippen LogP contribution < -0.4 is 21.0 Å².